The number of carbonyl (C=O) groups excluding carboxylic acids is 1. The standard InChI is InChI=1S/C14H17F2NO2/c15-12-2-1-3-13(16)11(12)8-17-14(19)9-4-6-10(18)7-5-9/h1-3,9-10,18H,4-8H2,(H,17,19). The third kappa shape index (κ3) is 3.50. The number of hydrogen-bond acceptors (Lipinski definition) is 2. The Bertz CT molecular complexity index is 437. The quantitative estimate of drug-likeness (QED) is 0.883. The van der Waals surface area contributed by atoms with Crippen LogP contribution in [0.25, 0.3) is 0 Å². The number of amides is 1. The molecule has 0 saturated heterocycles. The normalized spacial score (nSPS) is 23.1. The van der Waals surface area contributed by atoms with Crippen molar-refractivity contribution in [3.05, 3.63) is 35.4 Å². The van der Waals surface area contributed by atoms with Crippen molar-refractivity contribution in [3.8, 4) is 0 Å². The van der Waals surface area contributed by atoms with Crippen LogP contribution in [0.1, 0.15) is 31.2 Å². The average molecular weight is 269 g/mol. The zero-order valence-electron chi connectivity index (χ0n) is 10.5. The van der Waals surface area contributed by atoms with Crippen molar-refractivity contribution in [1.29, 1.82) is 0 Å². The summed E-state index contributed by atoms with van der Waals surface area (Å²) in [6.45, 7) is -0.142. The van der Waals surface area contributed by atoms with Crippen molar-refractivity contribution >= 4 is 5.91 Å². The second kappa shape index (κ2) is 6.10. The van der Waals surface area contributed by atoms with Gasteiger partial charge in [-0.2, -0.15) is 0 Å². The maximum absolute atomic E-state index is 13.4. The highest BCUT2D eigenvalue weighted by molar-refractivity contribution is 5.78. The summed E-state index contributed by atoms with van der Waals surface area (Å²) in [5.74, 6) is -1.67. The number of aliphatic hydroxyl groups is 1. The smallest absolute Gasteiger partial charge is 0.223 e. The largest absolute Gasteiger partial charge is 0.393 e. The summed E-state index contributed by atoms with van der Waals surface area (Å²) in [7, 11) is 0. The summed E-state index contributed by atoms with van der Waals surface area (Å²) >= 11 is 0. The fourth-order valence-electron chi connectivity index (χ4n) is 2.36. The van der Waals surface area contributed by atoms with E-state index >= 15 is 0 Å². The summed E-state index contributed by atoms with van der Waals surface area (Å²) in [5, 5.41) is 11.9. The van der Waals surface area contributed by atoms with Crippen molar-refractivity contribution < 1.29 is 18.7 Å². The van der Waals surface area contributed by atoms with Crippen LogP contribution in [-0.4, -0.2) is 17.1 Å². The molecule has 1 amide bonds. The number of benzene rings is 1. The molecule has 1 saturated carbocycles. The third-order valence-electron chi connectivity index (χ3n) is 3.57. The van der Waals surface area contributed by atoms with Gasteiger partial charge in [0.2, 0.25) is 5.91 Å². The molecule has 19 heavy (non-hydrogen) atoms. The summed E-state index contributed by atoms with van der Waals surface area (Å²) in [4.78, 5) is 11.9. The van der Waals surface area contributed by atoms with Gasteiger partial charge in [-0.1, -0.05) is 6.07 Å². The molecule has 1 aromatic carbocycles. The second-order valence-electron chi connectivity index (χ2n) is 4.92. The van der Waals surface area contributed by atoms with E-state index in [1.54, 1.807) is 0 Å². The van der Waals surface area contributed by atoms with Crippen molar-refractivity contribution in [1.82, 2.24) is 5.32 Å². The van der Waals surface area contributed by atoms with Gasteiger partial charge in [-0.3, -0.25) is 4.79 Å². The highest BCUT2D eigenvalue weighted by Crippen LogP contribution is 2.24. The Morgan fingerprint density at radius 3 is 2.37 bits per heavy atom. The molecule has 0 spiro atoms. The first kappa shape index (κ1) is 13.9. The van der Waals surface area contributed by atoms with Gasteiger partial charge in [0.1, 0.15) is 11.6 Å². The lowest BCUT2D eigenvalue weighted by Crippen LogP contribution is -2.34. The Morgan fingerprint density at radius 2 is 1.79 bits per heavy atom. The topological polar surface area (TPSA) is 49.3 Å². The summed E-state index contributed by atoms with van der Waals surface area (Å²) < 4.78 is 26.7. The van der Waals surface area contributed by atoms with E-state index in [-0.39, 0.29) is 30.0 Å². The monoisotopic (exact) mass is 269 g/mol. The number of halogens is 2. The zero-order valence-corrected chi connectivity index (χ0v) is 10.5. The maximum Gasteiger partial charge on any atom is 0.223 e. The van der Waals surface area contributed by atoms with Crippen molar-refractivity contribution in [2.24, 2.45) is 5.92 Å². The van der Waals surface area contributed by atoms with Crippen LogP contribution in [0, 0.1) is 17.6 Å². The Labute approximate surface area is 110 Å². The number of hydrogen-bond donors (Lipinski definition) is 2. The first-order valence-corrected chi connectivity index (χ1v) is 6.46. The molecule has 0 heterocycles. The first-order valence-electron chi connectivity index (χ1n) is 6.46. The molecular formula is C14H17F2NO2. The minimum Gasteiger partial charge on any atom is -0.393 e. The van der Waals surface area contributed by atoms with Crippen LogP contribution in [-0.2, 0) is 11.3 Å². The van der Waals surface area contributed by atoms with Gasteiger partial charge in [-0.15, -0.1) is 0 Å². The van der Waals surface area contributed by atoms with Crippen LogP contribution >= 0.6 is 0 Å². The molecule has 1 aromatic rings. The van der Waals surface area contributed by atoms with Gasteiger partial charge < -0.3 is 10.4 Å². The van der Waals surface area contributed by atoms with Crippen LogP contribution < -0.4 is 5.32 Å². The Hall–Kier alpha value is -1.49. The van der Waals surface area contributed by atoms with Gasteiger partial charge in [0.25, 0.3) is 0 Å². The third-order valence-corrected chi connectivity index (χ3v) is 3.57. The molecule has 5 heteroatoms. The van der Waals surface area contributed by atoms with E-state index < -0.39 is 11.6 Å². The summed E-state index contributed by atoms with van der Waals surface area (Å²) in [6.07, 6.45) is 2.12. The molecule has 1 fully saturated rings. The van der Waals surface area contributed by atoms with Crippen molar-refractivity contribution in [2.75, 3.05) is 0 Å². The van der Waals surface area contributed by atoms with Gasteiger partial charge in [0, 0.05) is 18.0 Å². The van der Waals surface area contributed by atoms with Gasteiger partial charge in [-0.25, -0.2) is 8.78 Å². The number of aliphatic hydroxyl groups excluding tert-OH is 1. The van der Waals surface area contributed by atoms with Crippen LogP contribution in [0.4, 0.5) is 8.78 Å². The molecule has 3 nitrogen and oxygen atoms in total. The first-order chi connectivity index (χ1) is 9.08. The SMILES string of the molecule is O=C(NCc1c(F)cccc1F)C1CCC(O)CC1. The molecule has 0 atom stereocenters. The van der Waals surface area contributed by atoms with E-state index in [9.17, 15) is 18.7 Å². The Balaban J connectivity index is 1.90. The van der Waals surface area contributed by atoms with E-state index in [4.69, 9.17) is 0 Å². The molecule has 104 valence electrons. The van der Waals surface area contributed by atoms with Crippen LogP contribution in [0.15, 0.2) is 18.2 Å². The molecule has 0 aliphatic heterocycles. The fraction of sp³-hybridized carbons (Fsp3) is 0.500. The van der Waals surface area contributed by atoms with E-state index in [2.05, 4.69) is 5.32 Å². The molecule has 0 radical (unpaired) electrons. The minimum atomic E-state index is -0.653. The molecule has 2 N–H and O–H groups in total. The van der Waals surface area contributed by atoms with Crippen molar-refractivity contribution in [2.45, 2.75) is 38.3 Å². The summed E-state index contributed by atoms with van der Waals surface area (Å²) in [6, 6.07) is 3.63. The van der Waals surface area contributed by atoms with Crippen LogP contribution in [0.2, 0.25) is 0 Å². The number of rotatable bonds is 3. The van der Waals surface area contributed by atoms with Gasteiger partial charge >= 0.3 is 0 Å². The van der Waals surface area contributed by atoms with Crippen LogP contribution in [0.5, 0.6) is 0 Å². The minimum absolute atomic E-state index is 0.119. The maximum atomic E-state index is 13.4. The van der Waals surface area contributed by atoms with Gasteiger partial charge in [0.05, 0.1) is 6.10 Å². The summed E-state index contributed by atoms with van der Waals surface area (Å²) in [5.41, 5.74) is -0.119. The lowest BCUT2D eigenvalue weighted by molar-refractivity contribution is -0.126. The average Bonchev–Trinajstić information content (AvgIpc) is 2.38. The molecule has 0 unspecified atom stereocenters. The highest BCUT2D eigenvalue weighted by atomic mass is 19.1. The predicted molar refractivity (Wildman–Crippen MR) is 66.2 cm³/mol. The molecule has 0 aromatic heterocycles. The zero-order chi connectivity index (χ0) is 13.8. The molecule has 0 bridgehead atoms. The van der Waals surface area contributed by atoms with Crippen LogP contribution in [0.3, 0.4) is 0 Å². The van der Waals surface area contributed by atoms with E-state index in [0.717, 1.165) is 0 Å². The van der Waals surface area contributed by atoms with Crippen molar-refractivity contribution in [3.63, 3.8) is 0 Å². The highest BCUT2D eigenvalue weighted by Gasteiger charge is 2.25. The molecule has 2 rings (SSSR count). The fourth-order valence-corrected chi connectivity index (χ4v) is 2.36. The van der Waals surface area contributed by atoms with Gasteiger partial charge in [-0.05, 0) is 37.8 Å². The van der Waals surface area contributed by atoms with E-state index in [1.807, 2.05) is 0 Å². The second-order valence-corrected chi connectivity index (χ2v) is 4.92. The molecule has 1 aliphatic rings. The predicted octanol–water partition coefficient (Wildman–Crippen LogP) is 2.13. The van der Waals surface area contributed by atoms with E-state index in [1.165, 1.54) is 18.2 Å². The molecular weight excluding hydrogens is 252 g/mol. The number of carbonyl (C=O) groups is 1. The number of nitrogens with one attached hydrogen (secondary N) is 1. The lowest BCUT2D eigenvalue weighted by atomic mass is 9.87. The van der Waals surface area contributed by atoms with E-state index in [0.29, 0.717) is 25.7 Å². The Kier molecular flexibility index (Phi) is 4.47. The lowest BCUT2D eigenvalue weighted by Gasteiger charge is -2.24. The molecule has 1 aliphatic carbocycles. The Morgan fingerprint density at radius 1 is 1.21 bits per heavy atom. The van der Waals surface area contributed by atoms with Gasteiger partial charge in [0.15, 0.2) is 0 Å².